The van der Waals surface area contributed by atoms with Crippen molar-refractivity contribution in [2.45, 2.75) is 44.2 Å². The smallest absolute Gasteiger partial charge is 0.254 e. The van der Waals surface area contributed by atoms with Crippen LogP contribution >= 0.6 is 0 Å². The fraction of sp³-hybridized carbons (Fsp3) is 0.611. The molecule has 0 spiro atoms. The van der Waals surface area contributed by atoms with Crippen molar-refractivity contribution in [3.8, 4) is 0 Å². The average molecular weight is 300 g/mol. The number of fused-ring (bicyclic) bond motifs is 2. The predicted molar refractivity (Wildman–Crippen MR) is 86.1 cm³/mol. The lowest BCUT2D eigenvalue weighted by molar-refractivity contribution is 0.0703. The highest BCUT2D eigenvalue weighted by molar-refractivity contribution is 5.95. The largest absolute Gasteiger partial charge is 0.393 e. The first-order valence-corrected chi connectivity index (χ1v) is 8.55. The Kier molecular flexibility index (Phi) is 3.57. The maximum atomic E-state index is 12.6. The molecule has 1 N–H and O–H groups in total. The van der Waals surface area contributed by atoms with E-state index >= 15 is 0 Å². The van der Waals surface area contributed by atoms with Gasteiger partial charge >= 0.3 is 0 Å². The van der Waals surface area contributed by atoms with E-state index in [4.69, 9.17) is 0 Å². The third kappa shape index (κ3) is 2.50. The Balaban J connectivity index is 1.44. The lowest BCUT2D eigenvalue weighted by atomic mass is 10.1. The van der Waals surface area contributed by atoms with Crippen LogP contribution in [0, 0.1) is 5.92 Å². The molecule has 0 aromatic heterocycles. The molecule has 118 valence electrons. The number of aliphatic hydroxyl groups is 1. The van der Waals surface area contributed by atoms with Gasteiger partial charge < -0.3 is 14.9 Å². The van der Waals surface area contributed by atoms with E-state index < -0.39 is 0 Å². The van der Waals surface area contributed by atoms with Gasteiger partial charge in [-0.3, -0.25) is 4.79 Å². The van der Waals surface area contributed by atoms with Crippen molar-refractivity contribution in [2.75, 3.05) is 24.5 Å². The Hall–Kier alpha value is -1.55. The molecule has 1 amide bonds. The van der Waals surface area contributed by atoms with Gasteiger partial charge in [0.25, 0.3) is 5.91 Å². The number of hydrogen-bond acceptors (Lipinski definition) is 3. The van der Waals surface area contributed by atoms with Crippen LogP contribution < -0.4 is 4.90 Å². The first-order valence-electron chi connectivity index (χ1n) is 8.55. The zero-order chi connectivity index (χ0) is 15.1. The maximum Gasteiger partial charge on any atom is 0.254 e. The summed E-state index contributed by atoms with van der Waals surface area (Å²) < 4.78 is 0. The minimum Gasteiger partial charge on any atom is -0.393 e. The van der Waals surface area contributed by atoms with Crippen LogP contribution in [-0.4, -0.2) is 47.7 Å². The van der Waals surface area contributed by atoms with Crippen molar-refractivity contribution in [3.05, 3.63) is 29.8 Å². The summed E-state index contributed by atoms with van der Waals surface area (Å²) in [6.45, 7) is 2.74. The molecule has 2 aliphatic heterocycles. The summed E-state index contributed by atoms with van der Waals surface area (Å²) in [6.07, 6.45) is 5.20. The van der Waals surface area contributed by atoms with Gasteiger partial charge in [0, 0.05) is 36.9 Å². The van der Waals surface area contributed by atoms with Crippen molar-refractivity contribution >= 4 is 11.6 Å². The molecule has 2 heterocycles. The zero-order valence-electron chi connectivity index (χ0n) is 12.9. The minimum absolute atomic E-state index is 0.150. The lowest BCUT2D eigenvalue weighted by Crippen LogP contribution is -2.37. The molecule has 4 heteroatoms. The van der Waals surface area contributed by atoms with E-state index in [1.165, 1.54) is 19.3 Å². The molecule has 2 unspecified atom stereocenters. The van der Waals surface area contributed by atoms with Crippen LogP contribution in [0.15, 0.2) is 24.3 Å². The number of carbonyl (C=O) groups excluding carboxylic acids is 1. The number of amides is 1. The van der Waals surface area contributed by atoms with Gasteiger partial charge in [-0.05, 0) is 62.3 Å². The average Bonchev–Trinajstić information content (AvgIpc) is 3.18. The fourth-order valence-electron chi connectivity index (χ4n) is 4.28. The number of nitrogens with zero attached hydrogens (tertiary/aromatic N) is 2. The molecular weight excluding hydrogens is 276 g/mol. The number of carbonyl (C=O) groups is 1. The van der Waals surface area contributed by atoms with Gasteiger partial charge in [-0.25, -0.2) is 0 Å². The SMILES string of the molecule is O=C(c1ccc(N2CCC(O)CC2)cc1)N1CC2CCC1C2. The highest BCUT2D eigenvalue weighted by Gasteiger charge is 2.40. The van der Waals surface area contributed by atoms with Crippen LogP contribution in [0.1, 0.15) is 42.5 Å². The summed E-state index contributed by atoms with van der Waals surface area (Å²) in [6, 6.07) is 8.53. The molecule has 1 saturated carbocycles. The van der Waals surface area contributed by atoms with Crippen LogP contribution in [0.25, 0.3) is 0 Å². The first kappa shape index (κ1) is 14.1. The van der Waals surface area contributed by atoms with E-state index in [-0.39, 0.29) is 12.0 Å². The Morgan fingerprint density at radius 2 is 1.77 bits per heavy atom. The highest BCUT2D eigenvalue weighted by atomic mass is 16.3. The standard InChI is InChI=1S/C18H24N2O2/c21-17-7-9-19(10-8-17)15-5-2-14(3-6-15)18(22)20-12-13-1-4-16(20)11-13/h2-3,5-6,13,16-17,21H,1,4,7-12H2. The summed E-state index contributed by atoms with van der Waals surface area (Å²) in [5.41, 5.74) is 1.97. The van der Waals surface area contributed by atoms with E-state index in [9.17, 15) is 9.90 Å². The topological polar surface area (TPSA) is 43.8 Å². The molecule has 2 atom stereocenters. The Morgan fingerprint density at radius 3 is 2.36 bits per heavy atom. The monoisotopic (exact) mass is 300 g/mol. The molecular formula is C18H24N2O2. The van der Waals surface area contributed by atoms with Crippen molar-refractivity contribution in [2.24, 2.45) is 5.92 Å². The second-order valence-corrected chi connectivity index (χ2v) is 7.06. The number of rotatable bonds is 2. The molecule has 2 saturated heterocycles. The third-order valence-electron chi connectivity index (χ3n) is 5.61. The third-order valence-corrected chi connectivity index (χ3v) is 5.61. The summed E-state index contributed by atoms with van der Waals surface area (Å²) in [5.74, 6) is 0.945. The van der Waals surface area contributed by atoms with E-state index in [1.807, 2.05) is 12.1 Å². The summed E-state index contributed by atoms with van der Waals surface area (Å²) >= 11 is 0. The number of hydrogen-bond donors (Lipinski definition) is 1. The normalized spacial score (nSPS) is 28.4. The highest BCUT2D eigenvalue weighted by Crippen LogP contribution is 2.38. The molecule has 4 rings (SSSR count). The van der Waals surface area contributed by atoms with Gasteiger partial charge in [0.1, 0.15) is 0 Å². The van der Waals surface area contributed by atoms with E-state index in [1.54, 1.807) is 0 Å². The van der Waals surface area contributed by atoms with E-state index in [0.29, 0.717) is 6.04 Å². The van der Waals surface area contributed by atoms with Crippen molar-refractivity contribution in [1.82, 2.24) is 4.90 Å². The van der Waals surface area contributed by atoms with Crippen LogP contribution in [0.2, 0.25) is 0 Å². The second kappa shape index (κ2) is 5.58. The Bertz CT molecular complexity index is 549. The lowest BCUT2D eigenvalue weighted by Gasteiger charge is -2.31. The molecule has 1 aromatic carbocycles. The quantitative estimate of drug-likeness (QED) is 0.911. The van der Waals surface area contributed by atoms with Crippen molar-refractivity contribution < 1.29 is 9.90 Å². The number of anilines is 1. The minimum atomic E-state index is -0.150. The first-order chi connectivity index (χ1) is 10.7. The van der Waals surface area contributed by atoms with Crippen LogP contribution in [0.5, 0.6) is 0 Å². The van der Waals surface area contributed by atoms with Crippen LogP contribution in [0.3, 0.4) is 0 Å². The molecule has 3 aliphatic rings. The molecule has 4 nitrogen and oxygen atoms in total. The van der Waals surface area contributed by atoms with Crippen molar-refractivity contribution in [3.63, 3.8) is 0 Å². The number of likely N-dealkylation sites (tertiary alicyclic amines) is 1. The Labute approximate surface area is 131 Å². The van der Waals surface area contributed by atoms with Crippen LogP contribution in [-0.2, 0) is 0 Å². The fourth-order valence-corrected chi connectivity index (χ4v) is 4.28. The number of aliphatic hydroxyl groups excluding tert-OH is 1. The second-order valence-electron chi connectivity index (χ2n) is 7.06. The molecule has 2 bridgehead atoms. The van der Waals surface area contributed by atoms with E-state index in [0.717, 1.165) is 49.6 Å². The molecule has 0 radical (unpaired) electrons. The van der Waals surface area contributed by atoms with Gasteiger partial charge in [-0.2, -0.15) is 0 Å². The molecule has 3 fully saturated rings. The van der Waals surface area contributed by atoms with Gasteiger partial charge in [-0.1, -0.05) is 0 Å². The zero-order valence-corrected chi connectivity index (χ0v) is 12.9. The van der Waals surface area contributed by atoms with Gasteiger partial charge in [-0.15, -0.1) is 0 Å². The van der Waals surface area contributed by atoms with Gasteiger partial charge in [0.05, 0.1) is 6.10 Å². The summed E-state index contributed by atoms with van der Waals surface area (Å²) in [4.78, 5) is 17.0. The summed E-state index contributed by atoms with van der Waals surface area (Å²) in [7, 11) is 0. The van der Waals surface area contributed by atoms with Gasteiger partial charge in [0.15, 0.2) is 0 Å². The van der Waals surface area contributed by atoms with E-state index in [2.05, 4.69) is 21.9 Å². The maximum absolute atomic E-state index is 12.6. The Morgan fingerprint density at radius 1 is 1.05 bits per heavy atom. The number of benzene rings is 1. The molecule has 1 aliphatic carbocycles. The number of piperidine rings is 2. The van der Waals surface area contributed by atoms with Gasteiger partial charge in [0.2, 0.25) is 0 Å². The van der Waals surface area contributed by atoms with Crippen molar-refractivity contribution in [1.29, 1.82) is 0 Å². The molecule has 22 heavy (non-hydrogen) atoms. The van der Waals surface area contributed by atoms with Crippen LogP contribution in [0.4, 0.5) is 5.69 Å². The molecule has 1 aromatic rings. The predicted octanol–water partition coefficient (Wildman–Crippen LogP) is 2.27. The summed E-state index contributed by atoms with van der Waals surface area (Å²) in [5, 5.41) is 9.59.